The Kier molecular flexibility index (Phi) is 3.83. The van der Waals surface area contributed by atoms with Crippen molar-refractivity contribution in [1.82, 2.24) is 30.2 Å². The van der Waals surface area contributed by atoms with Gasteiger partial charge in [0, 0.05) is 10.3 Å². The SMILES string of the molecule is COc1ccc(-n2nnnc2Sc2ncnc3sc4c(c23)CCC4)cc1. The number of ether oxygens (including phenoxy) is 1. The van der Waals surface area contributed by atoms with Crippen molar-refractivity contribution in [2.75, 3.05) is 7.11 Å². The van der Waals surface area contributed by atoms with Crippen molar-refractivity contribution in [1.29, 1.82) is 0 Å². The molecule has 0 unspecified atom stereocenters. The van der Waals surface area contributed by atoms with Gasteiger partial charge in [0.25, 0.3) is 0 Å². The van der Waals surface area contributed by atoms with E-state index in [1.54, 1.807) is 29.5 Å². The van der Waals surface area contributed by atoms with Gasteiger partial charge < -0.3 is 4.74 Å². The van der Waals surface area contributed by atoms with Crippen LogP contribution < -0.4 is 4.74 Å². The minimum Gasteiger partial charge on any atom is -0.497 e. The summed E-state index contributed by atoms with van der Waals surface area (Å²) in [4.78, 5) is 11.5. The minimum atomic E-state index is 0.674. The van der Waals surface area contributed by atoms with Gasteiger partial charge in [0.1, 0.15) is 21.9 Å². The number of thiophene rings is 1. The summed E-state index contributed by atoms with van der Waals surface area (Å²) in [6.07, 6.45) is 5.07. The first kappa shape index (κ1) is 15.7. The number of aryl methyl sites for hydroxylation is 2. The molecule has 9 heteroatoms. The Hall–Kier alpha value is -2.52. The van der Waals surface area contributed by atoms with Gasteiger partial charge in [0.2, 0.25) is 5.16 Å². The van der Waals surface area contributed by atoms with Crippen LogP contribution in [0.4, 0.5) is 0 Å². The fourth-order valence-corrected chi connectivity index (χ4v) is 5.39. The van der Waals surface area contributed by atoms with Crippen molar-refractivity contribution in [2.24, 2.45) is 0 Å². The Bertz CT molecular complexity index is 1090. The van der Waals surface area contributed by atoms with Crippen LogP contribution in [0.15, 0.2) is 40.8 Å². The molecular weight excluding hydrogens is 368 g/mol. The van der Waals surface area contributed by atoms with Crippen LogP contribution in [-0.2, 0) is 12.8 Å². The van der Waals surface area contributed by atoms with Gasteiger partial charge in [-0.15, -0.1) is 16.4 Å². The van der Waals surface area contributed by atoms with Gasteiger partial charge in [-0.1, -0.05) is 0 Å². The summed E-state index contributed by atoms with van der Waals surface area (Å²) >= 11 is 3.26. The van der Waals surface area contributed by atoms with Gasteiger partial charge in [-0.25, -0.2) is 9.97 Å². The third kappa shape index (κ3) is 2.55. The van der Waals surface area contributed by atoms with Crippen molar-refractivity contribution in [2.45, 2.75) is 29.4 Å². The monoisotopic (exact) mass is 382 g/mol. The molecule has 0 radical (unpaired) electrons. The maximum Gasteiger partial charge on any atom is 0.220 e. The smallest absolute Gasteiger partial charge is 0.220 e. The normalized spacial score (nSPS) is 13.3. The van der Waals surface area contributed by atoms with Crippen LogP contribution in [0.5, 0.6) is 5.75 Å². The van der Waals surface area contributed by atoms with E-state index in [4.69, 9.17) is 4.74 Å². The van der Waals surface area contributed by atoms with Crippen LogP contribution in [0, 0.1) is 0 Å². The summed E-state index contributed by atoms with van der Waals surface area (Å²) < 4.78 is 6.93. The van der Waals surface area contributed by atoms with E-state index in [1.807, 2.05) is 24.3 Å². The van der Waals surface area contributed by atoms with Crippen molar-refractivity contribution >= 4 is 33.3 Å². The molecule has 3 aromatic heterocycles. The summed E-state index contributed by atoms with van der Waals surface area (Å²) in [5, 5.41) is 14.9. The van der Waals surface area contributed by atoms with Crippen LogP contribution in [0.25, 0.3) is 15.9 Å². The number of nitrogens with zero attached hydrogens (tertiary/aromatic N) is 6. The van der Waals surface area contributed by atoms with E-state index in [1.165, 1.54) is 34.0 Å². The van der Waals surface area contributed by atoms with Crippen LogP contribution in [0.2, 0.25) is 0 Å². The molecule has 26 heavy (non-hydrogen) atoms. The molecule has 4 aromatic rings. The van der Waals surface area contributed by atoms with Gasteiger partial charge in [-0.05, 0) is 71.3 Å². The van der Waals surface area contributed by atoms with E-state index in [0.717, 1.165) is 34.1 Å². The number of fused-ring (bicyclic) bond motifs is 3. The first-order valence-corrected chi connectivity index (χ1v) is 9.82. The lowest BCUT2D eigenvalue weighted by Gasteiger charge is -2.06. The van der Waals surface area contributed by atoms with E-state index < -0.39 is 0 Å². The number of tetrazole rings is 1. The van der Waals surface area contributed by atoms with E-state index in [2.05, 4.69) is 25.5 Å². The maximum absolute atomic E-state index is 5.21. The topological polar surface area (TPSA) is 78.6 Å². The molecule has 0 N–H and O–H groups in total. The molecule has 0 atom stereocenters. The molecule has 1 aliphatic rings. The Morgan fingerprint density at radius 3 is 2.88 bits per heavy atom. The molecule has 130 valence electrons. The van der Waals surface area contributed by atoms with Crippen LogP contribution in [0.3, 0.4) is 0 Å². The molecule has 1 aliphatic carbocycles. The number of benzene rings is 1. The number of hydrogen-bond donors (Lipinski definition) is 0. The van der Waals surface area contributed by atoms with E-state index in [9.17, 15) is 0 Å². The highest BCUT2D eigenvalue weighted by molar-refractivity contribution is 7.99. The van der Waals surface area contributed by atoms with Gasteiger partial charge in [-0.3, -0.25) is 0 Å². The molecule has 5 rings (SSSR count). The predicted molar refractivity (Wildman–Crippen MR) is 99.3 cm³/mol. The second-order valence-electron chi connectivity index (χ2n) is 5.89. The van der Waals surface area contributed by atoms with E-state index >= 15 is 0 Å². The summed E-state index contributed by atoms with van der Waals surface area (Å²) in [5.74, 6) is 0.794. The fraction of sp³-hybridized carbons (Fsp3) is 0.235. The maximum atomic E-state index is 5.21. The number of aromatic nitrogens is 6. The Morgan fingerprint density at radius 2 is 2.04 bits per heavy atom. The Morgan fingerprint density at radius 1 is 1.15 bits per heavy atom. The third-order valence-electron chi connectivity index (χ3n) is 4.41. The summed E-state index contributed by atoms with van der Waals surface area (Å²) in [7, 11) is 1.65. The van der Waals surface area contributed by atoms with Gasteiger partial charge in [0.15, 0.2) is 0 Å². The van der Waals surface area contributed by atoms with Crippen molar-refractivity contribution < 1.29 is 4.74 Å². The largest absolute Gasteiger partial charge is 0.497 e. The highest BCUT2D eigenvalue weighted by atomic mass is 32.2. The molecule has 3 heterocycles. The molecule has 1 aromatic carbocycles. The average Bonchev–Trinajstić information content (AvgIpc) is 3.37. The number of rotatable bonds is 4. The fourth-order valence-electron chi connectivity index (χ4n) is 3.19. The summed E-state index contributed by atoms with van der Waals surface area (Å²) in [5.41, 5.74) is 2.27. The number of methoxy groups -OCH3 is 1. The van der Waals surface area contributed by atoms with Crippen LogP contribution >= 0.6 is 23.1 Å². The zero-order valence-corrected chi connectivity index (χ0v) is 15.5. The molecule has 7 nitrogen and oxygen atoms in total. The van der Waals surface area contributed by atoms with Crippen molar-refractivity contribution in [3.63, 3.8) is 0 Å². The molecule has 0 saturated heterocycles. The van der Waals surface area contributed by atoms with Crippen LogP contribution in [-0.4, -0.2) is 37.3 Å². The lowest BCUT2D eigenvalue weighted by Crippen LogP contribution is -1.99. The van der Waals surface area contributed by atoms with Gasteiger partial charge in [0.05, 0.1) is 12.8 Å². The molecule has 0 aliphatic heterocycles. The quantitative estimate of drug-likeness (QED) is 0.501. The molecule has 0 spiro atoms. The Balaban J connectivity index is 1.55. The Labute approximate surface area is 157 Å². The number of hydrogen-bond acceptors (Lipinski definition) is 8. The van der Waals surface area contributed by atoms with Crippen molar-refractivity contribution in [3.8, 4) is 11.4 Å². The standard InChI is InChI=1S/C17H14N6OS2/c1-24-11-7-5-10(6-8-11)23-17(20-21-22-23)26-16-14-12-3-2-4-13(12)25-15(14)18-9-19-16/h5-9H,2-4H2,1H3. The molecule has 0 bridgehead atoms. The first-order valence-electron chi connectivity index (χ1n) is 8.19. The van der Waals surface area contributed by atoms with E-state index in [-0.39, 0.29) is 0 Å². The van der Waals surface area contributed by atoms with E-state index in [0.29, 0.717) is 5.16 Å². The summed E-state index contributed by atoms with van der Waals surface area (Å²) in [6.45, 7) is 0. The van der Waals surface area contributed by atoms with Gasteiger partial charge >= 0.3 is 0 Å². The lowest BCUT2D eigenvalue weighted by molar-refractivity contribution is 0.414. The molecule has 0 amide bonds. The first-order chi connectivity index (χ1) is 12.8. The second kappa shape index (κ2) is 6.33. The lowest BCUT2D eigenvalue weighted by atomic mass is 10.2. The highest BCUT2D eigenvalue weighted by Crippen LogP contribution is 2.41. The highest BCUT2D eigenvalue weighted by Gasteiger charge is 2.22. The molecule has 0 saturated carbocycles. The van der Waals surface area contributed by atoms with Gasteiger partial charge in [-0.2, -0.15) is 4.68 Å². The van der Waals surface area contributed by atoms with Crippen molar-refractivity contribution in [3.05, 3.63) is 41.0 Å². The summed E-state index contributed by atoms with van der Waals surface area (Å²) in [6, 6.07) is 7.63. The minimum absolute atomic E-state index is 0.674. The van der Waals surface area contributed by atoms with Crippen LogP contribution in [0.1, 0.15) is 16.9 Å². The zero-order valence-electron chi connectivity index (χ0n) is 13.9. The third-order valence-corrected chi connectivity index (χ3v) is 6.55. The average molecular weight is 382 g/mol. The zero-order chi connectivity index (χ0) is 17.5. The molecule has 0 fully saturated rings. The predicted octanol–water partition coefficient (Wildman–Crippen LogP) is 3.32. The second-order valence-corrected chi connectivity index (χ2v) is 7.93. The molecular formula is C17H14N6OS2.